The summed E-state index contributed by atoms with van der Waals surface area (Å²) in [6.07, 6.45) is 0. The number of aromatic nitrogens is 1. The highest BCUT2D eigenvalue weighted by Crippen LogP contribution is 2.33. The summed E-state index contributed by atoms with van der Waals surface area (Å²) in [7, 11) is 1.62. The monoisotopic (exact) mass is 231 g/mol. The molecule has 2 aromatic rings. The Hall–Kier alpha value is -0.580. The van der Waals surface area contributed by atoms with Crippen LogP contribution in [0.1, 0.15) is 0 Å². The minimum absolute atomic E-state index is 0.680. The van der Waals surface area contributed by atoms with E-state index >= 15 is 0 Å². The fraction of sp³-hybridized carbons (Fsp3) is 0.125. The van der Waals surface area contributed by atoms with Crippen LogP contribution in [0.4, 0.5) is 0 Å². The first-order valence-electron chi connectivity index (χ1n) is 3.55. The first-order valence-corrected chi connectivity index (χ1v) is 5.62. The van der Waals surface area contributed by atoms with Crippen LogP contribution in [0.5, 0.6) is 5.19 Å². The van der Waals surface area contributed by atoms with E-state index < -0.39 is 0 Å². The van der Waals surface area contributed by atoms with Crippen molar-refractivity contribution < 1.29 is 4.74 Å². The predicted molar refractivity (Wildman–Crippen MR) is 57.0 cm³/mol. The van der Waals surface area contributed by atoms with Crippen LogP contribution in [-0.2, 0) is 0 Å². The zero-order chi connectivity index (χ0) is 9.26. The zero-order valence-electron chi connectivity index (χ0n) is 6.78. The maximum Gasteiger partial charge on any atom is 0.273 e. The number of methoxy groups -OCH3 is 1. The third-order valence-corrected chi connectivity index (χ3v) is 3.54. The van der Waals surface area contributed by atoms with Gasteiger partial charge in [-0.3, -0.25) is 0 Å². The summed E-state index contributed by atoms with van der Waals surface area (Å²) in [6, 6.07) is 3.83. The molecule has 0 radical (unpaired) electrons. The maximum absolute atomic E-state index is 5.81. The molecule has 2 aromatic heterocycles. The van der Waals surface area contributed by atoms with E-state index in [2.05, 4.69) is 4.98 Å². The Balaban J connectivity index is 2.35. The summed E-state index contributed by atoms with van der Waals surface area (Å²) >= 11 is 8.82. The van der Waals surface area contributed by atoms with Crippen molar-refractivity contribution in [3.63, 3.8) is 0 Å². The van der Waals surface area contributed by atoms with Gasteiger partial charge in [-0.25, -0.2) is 4.98 Å². The van der Waals surface area contributed by atoms with Crippen LogP contribution in [0.25, 0.3) is 10.6 Å². The molecular weight excluding hydrogens is 226 g/mol. The van der Waals surface area contributed by atoms with Crippen molar-refractivity contribution in [2.24, 2.45) is 0 Å². The molecule has 2 rings (SSSR count). The lowest BCUT2D eigenvalue weighted by Crippen LogP contribution is -1.79. The van der Waals surface area contributed by atoms with Crippen molar-refractivity contribution in [2.45, 2.75) is 0 Å². The molecule has 0 amide bonds. The molecule has 0 fully saturated rings. The number of nitrogens with zero attached hydrogens (tertiary/aromatic N) is 1. The van der Waals surface area contributed by atoms with Gasteiger partial charge in [-0.1, -0.05) is 22.9 Å². The summed E-state index contributed by atoms with van der Waals surface area (Å²) in [5.41, 5.74) is 0.929. The lowest BCUT2D eigenvalue weighted by atomic mass is 10.4. The average molecular weight is 232 g/mol. The standard InChI is InChI=1S/C8H6ClNOS2/c1-11-8-10-5(4-12-8)6-2-3-7(9)13-6/h2-4H,1H3. The van der Waals surface area contributed by atoms with Gasteiger partial charge in [0.1, 0.15) is 0 Å². The smallest absolute Gasteiger partial charge is 0.273 e. The Morgan fingerprint density at radius 1 is 1.46 bits per heavy atom. The molecule has 0 saturated carbocycles. The molecule has 0 atom stereocenters. The van der Waals surface area contributed by atoms with E-state index in [0.717, 1.165) is 14.9 Å². The van der Waals surface area contributed by atoms with E-state index in [1.807, 2.05) is 17.5 Å². The van der Waals surface area contributed by atoms with E-state index in [9.17, 15) is 0 Å². The van der Waals surface area contributed by atoms with Gasteiger partial charge in [0.25, 0.3) is 5.19 Å². The third-order valence-electron chi connectivity index (χ3n) is 1.48. The lowest BCUT2D eigenvalue weighted by molar-refractivity contribution is 0.412. The summed E-state index contributed by atoms with van der Waals surface area (Å²) in [5, 5.41) is 2.64. The molecule has 0 spiro atoms. The van der Waals surface area contributed by atoms with Crippen molar-refractivity contribution in [1.82, 2.24) is 4.98 Å². The van der Waals surface area contributed by atoms with Gasteiger partial charge in [0.2, 0.25) is 0 Å². The highest BCUT2D eigenvalue weighted by Gasteiger charge is 2.06. The molecule has 13 heavy (non-hydrogen) atoms. The molecule has 0 bridgehead atoms. The van der Waals surface area contributed by atoms with E-state index in [0.29, 0.717) is 5.19 Å². The van der Waals surface area contributed by atoms with Crippen LogP contribution in [0.2, 0.25) is 4.34 Å². The Bertz CT molecular complexity index is 410. The van der Waals surface area contributed by atoms with Crippen LogP contribution < -0.4 is 4.74 Å². The fourth-order valence-electron chi connectivity index (χ4n) is 0.916. The minimum atomic E-state index is 0.680. The molecule has 0 unspecified atom stereocenters. The van der Waals surface area contributed by atoms with Crippen molar-refractivity contribution in [2.75, 3.05) is 7.11 Å². The molecule has 0 aliphatic heterocycles. The van der Waals surface area contributed by atoms with Crippen LogP contribution in [0.3, 0.4) is 0 Å². The summed E-state index contributed by atoms with van der Waals surface area (Å²) in [4.78, 5) is 5.33. The maximum atomic E-state index is 5.81. The predicted octanol–water partition coefficient (Wildman–Crippen LogP) is 3.53. The van der Waals surface area contributed by atoms with Crippen LogP contribution >= 0.6 is 34.3 Å². The van der Waals surface area contributed by atoms with Crippen LogP contribution in [-0.4, -0.2) is 12.1 Å². The first-order chi connectivity index (χ1) is 6.29. The molecule has 5 heteroatoms. The van der Waals surface area contributed by atoms with Gasteiger partial charge in [0.15, 0.2) is 0 Å². The Labute approximate surface area is 88.8 Å². The van der Waals surface area contributed by atoms with E-state index in [-0.39, 0.29) is 0 Å². The van der Waals surface area contributed by atoms with Crippen molar-refractivity contribution in [1.29, 1.82) is 0 Å². The van der Waals surface area contributed by atoms with E-state index in [1.54, 1.807) is 7.11 Å². The molecule has 68 valence electrons. The van der Waals surface area contributed by atoms with Gasteiger partial charge < -0.3 is 4.74 Å². The molecule has 0 aromatic carbocycles. The van der Waals surface area contributed by atoms with E-state index in [4.69, 9.17) is 16.3 Å². The quantitative estimate of drug-likeness (QED) is 0.789. The SMILES string of the molecule is COc1nc(-c2ccc(Cl)s2)cs1. The average Bonchev–Trinajstić information content (AvgIpc) is 2.71. The molecule has 0 saturated heterocycles. The number of thiazole rings is 1. The van der Waals surface area contributed by atoms with Crippen molar-refractivity contribution in [3.8, 4) is 15.8 Å². The number of thiophene rings is 1. The van der Waals surface area contributed by atoms with Crippen molar-refractivity contribution in [3.05, 3.63) is 21.8 Å². The highest BCUT2D eigenvalue weighted by molar-refractivity contribution is 7.19. The molecule has 0 aliphatic carbocycles. The second kappa shape index (κ2) is 3.65. The van der Waals surface area contributed by atoms with Gasteiger partial charge in [-0.05, 0) is 12.1 Å². The topological polar surface area (TPSA) is 22.1 Å². The third kappa shape index (κ3) is 1.85. The highest BCUT2D eigenvalue weighted by atomic mass is 35.5. The number of hydrogen-bond acceptors (Lipinski definition) is 4. The fourth-order valence-corrected chi connectivity index (χ4v) is 2.63. The summed E-state index contributed by atoms with van der Waals surface area (Å²) in [5.74, 6) is 0. The summed E-state index contributed by atoms with van der Waals surface area (Å²) < 4.78 is 5.78. The Kier molecular flexibility index (Phi) is 2.53. The van der Waals surface area contributed by atoms with Gasteiger partial charge in [0.05, 0.1) is 22.0 Å². The van der Waals surface area contributed by atoms with Crippen molar-refractivity contribution >= 4 is 34.3 Å². The van der Waals surface area contributed by atoms with E-state index in [1.165, 1.54) is 22.7 Å². The second-order valence-corrected chi connectivity index (χ2v) is 4.84. The van der Waals surface area contributed by atoms with Gasteiger partial charge >= 0.3 is 0 Å². The zero-order valence-corrected chi connectivity index (χ0v) is 9.17. The molecule has 0 N–H and O–H groups in total. The normalized spacial score (nSPS) is 10.3. The van der Waals surface area contributed by atoms with Gasteiger partial charge in [-0.2, -0.15) is 0 Å². The molecule has 2 heterocycles. The molecular formula is C8H6ClNOS2. The first kappa shape index (κ1) is 8.99. The largest absolute Gasteiger partial charge is 0.473 e. The lowest BCUT2D eigenvalue weighted by Gasteiger charge is -1.88. The van der Waals surface area contributed by atoms with Gasteiger partial charge in [-0.15, -0.1) is 11.3 Å². The number of rotatable bonds is 2. The number of halogens is 1. The Morgan fingerprint density at radius 2 is 2.31 bits per heavy atom. The summed E-state index contributed by atoms with van der Waals surface area (Å²) in [6.45, 7) is 0. The van der Waals surface area contributed by atoms with Gasteiger partial charge in [0, 0.05) is 5.38 Å². The number of hydrogen-bond donors (Lipinski definition) is 0. The molecule has 2 nitrogen and oxygen atoms in total. The second-order valence-electron chi connectivity index (χ2n) is 2.31. The minimum Gasteiger partial charge on any atom is -0.473 e. The van der Waals surface area contributed by atoms with Crippen LogP contribution in [0, 0.1) is 0 Å². The Morgan fingerprint density at radius 3 is 2.85 bits per heavy atom. The number of ether oxygens (including phenoxy) is 1. The molecule has 0 aliphatic rings. The van der Waals surface area contributed by atoms with Crippen LogP contribution in [0.15, 0.2) is 17.5 Å².